The maximum Gasteiger partial charge on any atom is 0.230 e. The number of nitrogens with zero attached hydrogens (tertiary/aromatic N) is 2. The van der Waals surface area contributed by atoms with Crippen LogP contribution in [0.3, 0.4) is 0 Å². The number of halogens is 1. The number of ether oxygens (including phenoxy) is 1. The van der Waals surface area contributed by atoms with Gasteiger partial charge in [-0.3, -0.25) is 14.6 Å². The van der Waals surface area contributed by atoms with Gasteiger partial charge in [-0.1, -0.05) is 43.8 Å². The van der Waals surface area contributed by atoms with Gasteiger partial charge in [0, 0.05) is 48.9 Å². The SMILES string of the molecule is C.CC(=O)N1CC=C(c2cc3nccc(Oc4ccc(NC(=S)NC(=O)Cc5ccccc5)cc4F)c3s2)CC1. The first kappa shape index (κ1) is 28.8. The molecule has 0 saturated carbocycles. The fourth-order valence-electron chi connectivity index (χ4n) is 4.23. The van der Waals surface area contributed by atoms with Crippen LogP contribution >= 0.6 is 23.6 Å². The number of carbonyl (C=O) groups excluding carboxylic acids is 2. The van der Waals surface area contributed by atoms with E-state index in [2.05, 4.69) is 21.7 Å². The molecule has 0 spiro atoms. The number of carbonyl (C=O) groups is 2. The molecule has 0 atom stereocenters. The Hall–Kier alpha value is -4.15. The van der Waals surface area contributed by atoms with Crippen molar-refractivity contribution in [2.75, 3.05) is 18.4 Å². The van der Waals surface area contributed by atoms with E-state index in [1.165, 1.54) is 23.5 Å². The molecule has 4 aromatic rings. The van der Waals surface area contributed by atoms with Crippen LogP contribution in [0.25, 0.3) is 15.8 Å². The summed E-state index contributed by atoms with van der Waals surface area (Å²) in [6, 6.07) is 17.4. The molecule has 0 unspecified atom stereocenters. The average Bonchev–Trinajstić information content (AvgIpc) is 3.36. The largest absolute Gasteiger partial charge is 0.453 e. The molecular weight excluding hydrogens is 547 g/mol. The molecule has 3 heterocycles. The molecule has 2 N–H and O–H groups in total. The molecule has 10 heteroatoms. The van der Waals surface area contributed by atoms with Crippen molar-refractivity contribution < 1.29 is 18.7 Å². The molecule has 2 aromatic carbocycles. The highest BCUT2D eigenvalue weighted by Gasteiger charge is 2.18. The Morgan fingerprint density at radius 3 is 2.62 bits per heavy atom. The molecule has 0 bridgehead atoms. The van der Waals surface area contributed by atoms with Crippen molar-refractivity contribution in [3.8, 4) is 11.5 Å². The van der Waals surface area contributed by atoms with Gasteiger partial charge in [0.2, 0.25) is 11.8 Å². The van der Waals surface area contributed by atoms with E-state index in [1.807, 2.05) is 36.4 Å². The van der Waals surface area contributed by atoms with Crippen LogP contribution in [0.1, 0.15) is 31.2 Å². The maximum absolute atomic E-state index is 15.0. The number of hydrogen-bond donors (Lipinski definition) is 2. The van der Waals surface area contributed by atoms with Crippen LogP contribution in [0.2, 0.25) is 0 Å². The zero-order valence-corrected chi connectivity index (χ0v) is 22.7. The number of thiophene rings is 1. The maximum atomic E-state index is 15.0. The molecule has 0 fully saturated rings. The molecule has 0 saturated heterocycles. The summed E-state index contributed by atoms with van der Waals surface area (Å²) in [7, 11) is 0. The number of benzene rings is 2. The van der Waals surface area contributed by atoms with Crippen LogP contribution in [0.15, 0.2) is 72.9 Å². The first-order valence-corrected chi connectivity index (χ1v) is 13.5. The lowest BCUT2D eigenvalue weighted by atomic mass is 10.1. The van der Waals surface area contributed by atoms with E-state index in [0.717, 1.165) is 32.7 Å². The van der Waals surface area contributed by atoms with E-state index < -0.39 is 5.82 Å². The van der Waals surface area contributed by atoms with E-state index in [1.54, 1.807) is 30.2 Å². The van der Waals surface area contributed by atoms with Gasteiger partial charge < -0.3 is 20.3 Å². The standard InChI is InChI=1S/C29H25FN4O3S2.CH4/c1-18(35)34-13-10-20(11-14-34)26-17-23-28(39-26)25(9-12-31-23)37-24-8-7-21(16-22(24)30)32-29(38)33-27(36)15-19-5-3-2-4-6-19;/h2-10,12,16-17H,11,13-15H2,1H3,(H2,32,33,36,38);1H4. The summed E-state index contributed by atoms with van der Waals surface area (Å²) in [5, 5.41) is 5.52. The second-order valence-electron chi connectivity index (χ2n) is 8.99. The molecule has 5 rings (SSSR count). The lowest BCUT2D eigenvalue weighted by molar-refractivity contribution is -0.128. The number of anilines is 1. The number of hydrogen-bond acceptors (Lipinski definition) is 6. The molecule has 0 aliphatic carbocycles. The van der Waals surface area contributed by atoms with Crippen LogP contribution in [-0.4, -0.2) is 39.9 Å². The van der Waals surface area contributed by atoms with Gasteiger partial charge in [-0.25, -0.2) is 4.39 Å². The highest BCUT2D eigenvalue weighted by molar-refractivity contribution is 7.80. The van der Waals surface area contributed by atoms with Crippen LogP contribution in [-0.2, 0) is 16.0 Å². The molecule has 40 heavy (non-hydrogen) atoms. The summed E-state index contributed by atoms with van der Waals surface area (Å²) in [6.07, 6.45) is 4.64. The minimum absolute atomic E-state index is 0. The molecule has 1 aliphatic heterocycles. The number of nitrogens with one attached hydrogen (secondary N) is 2. The third kappa shape index (κ3) is 6.88. The van der Waals surface area contributed by atoms with Crippen molar-refractivity contribution in [3.05, 3.63) is 89.2 Å². The number of amides is 2. The number of fused-ring (bicyclic) bond motifs is 1. The van der Waals surface area contributed by atoms with Crippen molar-refractivity contribution in [2.45, 2.75) is 27.2 Å². The summed E-state index contributed by atoms with van der Waals surface area (Å²) in [6.45, 7) is 2.84. The van der Waals surface area contributed by atoms with Crippen molar-refractivity contribution in [1.29, 1.82) is 0 Å². The fraction of sp³-hybridized carbons (Fsp3) is 0.200. The topological polar surface area (TPSA) is 83.6 Å². The van der Waals surface area contributed by atoms with Gasteiger partial charge in [0.25, 0.3) is 0 Å². The summed E-state index contributed by atoms with van der Waals surface area (Å²) < 4.78 is 21.8. The minimum atomic E-state index is -0.584. The van der Waals surface area contributed by atoms with Gasteiger partial charge in [-0.15, -0.1) is 11.3 Å². The smallest absolute Gasteiger partial charge is 0.230 e. The van der Waals surface area contributed by atoms with Crippen LogP contribution in [0.4, 0.5) is 10.1 Å². The van der Waals surface area contributed by atoms with Crippen LogP contribution in [0, 0.1) is 5.82 Å². The Balaban J connectivity index is 0.00000370. The third-order valence-corrected chi connectivity index (χ3v) is 7.64. The minimum Gasteiger partial charge on any atom is -0.453 e. The predicted molar refractivity (Wildman–Crippen MR) is 162 cm³/mol. The van der Waals surface area contributed by atoms with E-state index in [4.69, 9.17) is 17.0 Å². The summed E-state index contributed by atoms with van der Waals surface area (Å²) in [4.78, 5) is 31.2. The average molecular weight is 577 g/mol. The van der Waals surface area contributed by atoms with Crippen molar-refractivity contribution >= 4 is 62.0 Å². The second kappa shape index (κ2) is 12.8. The normalized spacial score (nSPS) is 12.8. The lowest BCUT2D eigenvalue weighted by Crippen LogP contribution is -2.35. The molecule has 1 aliphatic rings. The second-order valence-corrected chi connectivity index (χ2v) is 10.5. The Kier molecular flexibility index (Phi) is 9.23. The monoisotopic (exact) mass is 576 g/mol. The highest BCUT2D eigenvalue weighted by Crippen LogP contribution is 2.39. The van der Waals surface area contributed by atoms with E-state index in [9.17, 15) is 14.0 Å². The molecular formula is C30H29FN4O3S2. The number of pyridine rings is 1. The lowest BCUT2D eigenvalue weighted by Gasteiger charge is -2.24. The highest BCUT2D eigenvalue weighted by atomic mass is 32.1. The number of aromatic nitrogens is 1. The predicted octanol–water partition coefficient (Wildman–Crippen LogP) is 6.56. The Labute approximate surface area is 241 Å². The Morgan fingerprint density at radius 2 is 1.93 bits per heavy atom. The van der Waals surface area contributed by atoms with Crippen molar-refractivity contribution in [1.82, 2.24) is 15.2 Å². The van der Waals surface area contributed by atoms with Crippen LogP contribution < -0.4 is 15.4 Å². The quantitative estimate of drug-likeness (QED) is 0.253. The molecule has 7 nitrogen and oxygen atoms in total. The van der Waals surface area contributed by atoms with E-state index in [0.29, 0.717) is 24.5 Å². The Bertz CT molecular complexity index is 1590. The van der Waals surface area contributed by atoms with Gasteiger partial charge in [-0.05, 0) is 48.0 Å². The summed E-state index contributed by atoms with van der Waals surface area (Å²) in [5.74, 6) is -0.231. The fourth-order valence-corrected chi connectivity index (χ4v) is 5.59. The first-order chi connectivity index (χ1) is 18.9. The molecule has 2 amide bonds. The van der Waals surface area contributed by atoms with E-state index >= 15 is 0 Å². The van der Waals surface area contributed by atoms with Gasteiger partial charge in [-0.2, -0.15) is 0 Å². The molecule has 0 radical (unpaired) electrons. The molecule has 206 valence electrons. The van der Waals surface area contributed by atoms with Crippen LogP contribution in [0.5, 0.6) is 11.5 Å². The zero-order valence-electron chi connectivity index (χ0n) is 21.1. The van der Waals surface area contributed by atoms with E-state index in [-0.39, 0.29) is 36.5 Å². The number of rotatable bonds is 6. The van der Waals surface area contributed by atoms with Crippen molar-refractivity contribution in [3.63, 3.8) is 0 Å². The Morgan fingerprint density at radius 1 is 1.12 bits per heavy atom. The van der Waals surface area contributed by atoms with Gasteiger partial charge in [0.15, 0.2) is 16.7 Å². The van der Waals surface area contributed by atoms with Gasteiger partial charge in [0.1, 0.15) is 5.75 Å². The van der Waals surface area contributed by atoms with Crippen molar-refractivity contribution in [2.24, 2.45) is 0 Å². The third-order valence-electron chi connectivity index (χ3n) is 6.22. The molecule has 2 aromatic heterocycles. The zero-order chi connectivity index (χ0) is 27.4. The first-order valence-electron chi connectivity index (χ1n) is 12.3. The number of thiocarbonyl (C=S) groups is 1. The van der Waals surface area contributed by atoms with Gasteiger partial charge in [0.05, 0.1) is 16.6 Å². The summed E-state index contributed by atoms with van der Waals surface area (Å²) in [5.41, 5.74) is 3.17. The van der Waals surface area contributed by atoms with Gasteiger partial charge >= 0.3 is 0 Å². The summed E-state index contributed by atoms with van der Waals surface area (Å²) >= 11 is 6.74.